The highest BCUT2D eigenvalue weighted by Crippen LogP contribution is 2.38. The average molecular weight is 180 g/mol. The molecule has 1 fully saturated rings. The maximum atomic E-state index is 9.84. The van der Waals surface area contributed by atoms with Crippen LogP contribution >= 0.6 is 0 Å². The fourth-order valence-electron chi connectivity index (χ4n) is 1.77. The first-order valence-corrected chi connectivity index (χ1v) is 4.64. The van der Waals surface area contributed by atoms with Crippen molar-refractivity contribution in [3.8, 4) is 0 Å². The lowest BCUT2D eigenvalue weighted by Gasteiger charge is -1.98. The zero-order valence-corrected chi connectivity index (χ0v) is 8.08. The van der Waals surface area contributed by atoms with Gasteiger partial charge < -0.3 is 4.74 Å². The fourth-order valence-corrected chi connectivity index (χ4v) is 1.77. The predicted octanol–water partition coefficient (Wildman–Crippen LogP) is 2.46. The van der Waals surface area contributed by atoms with Crippen LogP contribution in [0.4, 0.5) is 0 Å². The number of carbonyl (C=O) groups is 1. The van der Waals surface area contributed by atoms with Crippen molar-refractivity contribution in [1.82, 2.24) is 0 Å². The highest BCUT2D eigenvalue weighted by atomic mass is 16.5. The van der Waals surface area contributed by atoms with Crippen molar-refractivity contribution < 1.29 is 9.53 Å². The van der Waals surface area contributed by atoms with Crippen LogP contribution in [0.5, 0.6) is 0 Å². The minimum absolute atomic E-state index is 0.394. The van der Waals surface area contributed by atoms with E-state index in [-0.39, 0.29) is 0 Å². The summed E-state index contributed by atoms with van der Waals surface area (Å²) in [6, 6.07) is 0. The number of carbonyl (C=O) groups excluding carboxylic acids is 1. The van der Waals surface area contributed by atoms with Crippen molar-refractivity contribution in [2.75, 3.05) is 7.11 Å². The molecular weight excluding hydrogens is 164 g/mol. The van der Waals surface area contributed by atoms with Crippen LogP contribution in [-0.4, -0.2) is 13.1 Å². The Morgan fingerprint density at radius 2 is 2.54 bits per heavy atom. The third-order valence-corrected chi connectivity index (χ3v) is 2.53. The van der Waals surface area contributed by atoms with Gasteiger partial charge in [-0.3, -0.25) is 0 Å². The Morgan fingerprint density at radius 1 is 1.77 bits per heavy atom. The van der Waals surface area contributed by atoms with Gasteiger partial charge in [0.05, 0.1) is 7.11 Å². The molecule has 0 heterocycles. The Kier molecular flexibility index (Phi) is 3.74. The van der Waals surface area contributed by atoms with Gasteiger partial charge in [-0.25, -0.2) is 4.79 Å². The van der Waals surface area contributed by atoms with Crippen molar-refractivity contribution in [2.24, 2.45) is 5.92 Å². The molecule has 0 saturated heterocycles. The van der Waals surface area contributed by atoms with Gasteiger partial charge in [0.15, 0.2) is 0 Å². The van der Waals surface area contributed by atoms with E-state index in [2.05, 4.69) is 17.4 Å². The van der Waals surface area contributed by atoms with Crippen molar-refractivity contribution in [1.29, 1.82) is 0 Å². The van der Waals surface area contributed by atoms with E-state index in [1.54, 1.807) is 5.57 Å². The van der Waals surface area contributed by atoms with E-state index in [0.717, 1.165) is 12.0 Å². The van der Waals surface area contributed by atoms with Crippen LogP contribution < -0.4 is 0 Å². The van der Waals surface area contributed by atoms with Crippen molar-refractivity contribution in [3.63, 3.8) is 0 Å². The zero-order chi connectivity index (χ0) is 9.68. The quantitative estimate of drug-likeness (QED) is 0.352. The highest BCUT2D eigenvalue weighted by Gasteiger charge is 2.22. The van der Waals surface area contributed by atoms with Gasteiger partial charge in [-0.15, -0.1) is 0 Å². The second kappa shape index (κ2) is 4.85. The first-order chi connectivity index (χ1) is 6.26. The Bertz CT molecular complexity index is 228. The molecule has 2 heteroatoms. The molecule has 0 aromatic carbocycles. The second-order valence-electron chi connectivity index (χ2n) is 3.43. The van der Waals surface area contributed by atoms with E-state index < -0.39 is 5.97 Å². The van der Waals surface area contributed by atoms with Gasteiger partial charge in [-0.05, 0) is 31.6 Å². The first kappa shape index (κ1) is 10.0. The van der Waals surface area contributed by atoms with E-state index in [0.29, 0.717) is 0 Å². The monoisotopic (exact) mass is 180 g/mol. The Balaban J connectivity index is 0.000000133. The average Bonchev–Trinajstić information content (AvgIpc) is 2.81. The van der Waals surface area contributed by atoms with Gasteiger partial charge in [0, 0.05) is 6.08 Å². The van der Waals surface area contributed by atoms with Crippen molar-refractivity contribution in [2.45, 2.75) is 25.7 Å². The molecule has 1 unspecified atom stereocenters. The molecule has 2 aliphatic carbocycles. The molecule has 13 heavy (non-hydrogen) atoms. The normalized spacial score (nSPS) is 22.8. The molecule has 2 rings (SSSR count). The molecule has 72 valence electrons. The number of ether oxygens (including phenoxy) is 1. The summed E-state index contributed by atoms with van der Waals surface area (Å²) >= 11 is 0. The van der Waals surface area contributed by atoms with Gasteiger partial charge in [-0.2, -0.15) is 0 Å². The minimum Gasteiger partial charge on any atom is -0.466 e. The topological polar surface area (TPSA) is 26.3 Å². The molecule has 0 aliphatic heterocycles. The molecule has 2 aliphatic rings. The van der Waals surface area contributed by atoms with Crippen LogP contribution in [0.15, 0.2) is 24.3 Å². The maximum absolute atomic E-state index is 9.84. The molecule has 1 atom stereocenters. The first-order valence-electron chi connectivity index (χ1n) is 4.64. The largest absolute Gasteiger partial charge is 0.466 e. The van der Waals surface area contributed by atoms with Crippen LogP contribution in [0.3, 0.4) is 0 Å². The van der Waals surface area contributed by atoms with E-state index >= 15 is 0 Å². The SMILES string of the molecule is C1=C2CCC(C1)C2.C=CC(=O)OC. The lowest BCUT2D eigenvalue weighted by Crippen LogP contribution is -1.91. The van der Waals surface area contributed by atoms with Crippen LogP contribution in [0.25, 0.3) is 0 Å². The molecular formula is C11H16O2. The number of hydrogen-bond donors (Lipinski definition) is 0. The summed E-state index contributed by atoms with van der Waals surface area (Å²) in [6.07, 6.45) is 9.29. The number of fused-ring (bicyclic) bond motifs is 2. The summed E-state index contributed by atoms with van der Waals surface area (Å²) in [5.41, 5.74) is 1.74. The zero-order valence-electron chi connectivity index (χ0n) is 8.08. The van der Waals surface area contributed by atoms with E-state index in [1.807, 2.05) is 0 Å². The molecule has 2 nitrogen and oxygen atoms in total. The number of esters is 1. The van der Waals surface area contributed by atoms with Gasteiger partial charge in [0.1, 0.15) is 0 Å². The van der Waals surface area contributed by atoms with Crippen LogP contribution in [-0.2, 0) is 9.53 Å². The van der Waals surface area contributed by atoms with Crippen LogP contribution in [0, 0.1) is 5.92 Å². The number of rotatable bonds is 1. The fraction of sp³-hybridized carbons (Fsp3) is 0.545. The lowest BCUT2D eigenvalue weighted by atomic mass is 10.1. The summed E-state index contributed by atoms with van der Waals surface area (Å²) < 4.78 is 4.14. The Hall–Kier alpha value is -1.05. The smallest absolute Gasteiger partial charge is 0.329 e. The number of methoxy groups -OCH3 is 1. The van der Waals surface area contributed by atoms with Crippen molar-refractivity contribution >= 4 is 5.97 Å². The minimum atomic E-state index is -0.394. The van der Waals surface area contributed by atoms with Gasteiger partial charge in [0.2, 0.25) is 0 Å². The Labute approximate surface area is 79.3 Å². The molecule has 0 amide bonds. The summed E-state index contributed by atoms with van der Waals surface area (Å²) in [5.74, 6) is 0.685. The third-order valence-electron chi connectivity index (χ3n) is 2.53. The van der Waals surface area contributed by atoms with Gasteiger partial charge in [-0.1, -0.05) is 18.2 Å². The van der Waals surface area contributed by atoms with Gasteiger partial charge in [0.25, 0.3) is 0 Å². The molecule has 0 aromatic rings. The summed E-state index contributed by atoms with van der Waals surface area (Å²) in [5, 5.41) is 0. The summed E-state index contributed by atoms with van der Waals surface area (Å²) in [6.45, 7) is 3.16. The highest BCUT2D eigenvalue weighted by molar-refractivity contribution is 5.80. The van der Waals surface area contributed by atoms with Crippen LogP contribution in [0.1, 0.15) is 25.7 Å². The summed E-state index contributed by atoms with van der Waals surface area (Å²) in [7, 11) is 1.31. The standard InChI is InChI=1S/C7H10.C4H6O2/c1-2-7-4-3-6(1)5-7;1-3-4(5)6-2/h1,7H,2-5H2;3H,1H2,2H3. The molecule has 2 bridgehead atoms. The molecule has 0 radical (unpaired) electrons. The molecule has 0 spiro atoms. The third kappa shape index (κ3) is 3.05. The Morgan fingerprint density at radius 3 is 2.62 bits per heavy atom. The lowest BCUT2D eigenvalue weighted by molar-refractivity contribution is -0.134. The van der Waals surface area contributed by atoms with Crippen LogP contribution in [0.2, 0.25) is 0 Å². The predicted molar refractivity (Wildman–Crippen MR) is 52.3 cm³/mol. The summed E-state index contributed by atoms with van der Waals surface area (Å²) in [4.78, 5) is 9.84. The van der Waals surface area contributed by atoms with Crippen molar-refractivity contribution in [3.05, 3.63) is 24.3 Å². The molecule has 0 aromatic heterocycles. The number of hydrogen-bond acceptors (Lipinski definition) is 2. The maximum Gasteiger partial charge on any atom is 0.329 e. The van der Waals surface area contributed by atoms with E-state index in [9.17, 15) is 4.79 Å². The molecule has 1 saturated carbocycles. The molecule has 0 N–H and O–H groups in total. The van der Waals surface area contributed by atoms with Gasteiger partial charge >= 0.3 is 5.97 Å². The second-order valence-corrected chi connectivity index (χ2v) is 3.43. The van der Waals surface area contributed by atoms with E-state index in [1.165, 1.54) is 32.8 Å². The van der Waals surface area contributed by atoms with E-state index in [4.69, 9.17) is 0 Å². The number of allylic oxidation sites excluding steroid dienone is 2.